The van der Waals surface area contributed by atoms with Crippen molar-refractivity contribution in [3.8, 4) is 0 Å². The van der Waals surface area contributed by atoms with Gasteiger partial charge in [0, 0.05) is 5.02 Å². The summed E-state index contributed by atoms with van der Waals surface area (Å²) in [5.74, 6) is -0.704. The number of anilines is 1. The molecule has 2 atom stereocenters. The number of carbonyl (C=O) groups excluding carboxylic acids is 2. The van der Waals surface area contributed by atoms with E-state index in [0.29, 0.717) is 27.4 Å². The van der Waals surface area contributed by atoms with Crippen LogP contribution in [0.4, 0.5) is 5.69 Å². The van der Waals surface area contributed by atoms with E-state index in [1.165, 1.54) is 4.90 Å². The quantitative estimate of drug-likeness (QED) is 0.669. The Morgan fingerprint density at radius 1 is 1.03 bits per heavy atom. The van der Waals surface area contributed by atoms with E-state index in [4.69, 9.17) is 11.6 Å². The smallest absolute Gasteiger partial charge is 0.262 e. The SMILES string of the molecule is Cc1ccc(CN2C(=O)[C@@H]3CCCC[C@H]3C2=O)cc1S(=O)(=O)Nc1cccc(Cl)c1C. The highest BCUT2D eigenvalue weighted by Crippen LogP contribution is 2.38. The molecule has 2 fully saturated rings. The van der Waals surface area contributed by atoms with Crippen LogP contribution in [0.25, 0.3) is 0 Å². The van der Waals surface area contributed by atoms with Crippen LogP contribution < -0.4 is 4.72 Å². The van der Waals surface area contributed by atoms with E-state index >= 15 is 0 Å². The average molecular weight is 461 g/mol. The first-order valence-electron chi connectivity index (χ1n) is 10.4. The van der Waals surface area contributed by atoms with Gasteiger partial charge in [-0.2, -0.15) is 0 Å². The summed E-state index contributed by atoms with van der Waals surface area (Å²) in [4.78, 5) is 27.0. The van der Waals surface area contributed by atoms with Crippen LogP contribution in [0.1, 0.15) is 42.4 Å². The predicted octanol–water partition coefficient (Wildman–Crippen LogP) is 4.43. The molecule has 2 aromatic carbocycles. The third kappa shape index (κ3) is 4.08. The number of amides is 2. The van der Waals surface area contributed by atoms with Crippen LogP contribution in [0.3, 0.4) is 0 Å². The second kappa shape index (κ2) is 8.28. The zero-order valence-electron chi connectivity index (χ0n) is 17.5. The fourth-order valence-electron chi connectivity index (χ4n) is 4.52. The molecule has 31 heavy (non-hydrogen) atoms. The number of aryl methyl sites for hydroxylation is 1. The van der Waals surface area contributed by atoms with Gasteiger partial charge in [0.15, 0.2) is 0 Å². The van der Waals surface area contributed by atoms with Gasteiger partial charge < -0.3 is 0 Å². The highest BCUT2D eigenvalue weighted by atomic mass is 35.5. The fraction of sp³-hybridized carbons (Fsp3) is 0.391. The van der Waals surface area contributed by atoms with Crippen molar-refractivity contribution in [1.29, 1.82) is 0 Å². The number of benzene rings is 2. The van der Waals surface area contributed by atoms with E-state index in [1.54, 1.807) is 50.2 Å². The van der Waals surface area contributed by atoms with Gasteiger partial charge in [0.2, 0.25) is 11.8 Å². The molecular weight excluding hydrogens is 436 g/mol. The van der Waals surface area contributed by atoms with Crippen LogP contribution in [-0.4, -0.2) is 25.1 Å². The number of nitrogens with zero attached hydrogens (tertiary/aromatic N) is 1. The monoisotopic (exact) mass is 460 g/mol. The second-order valence-corrected chi connectivity index (χ2v) is 10.4. The molecule has 8 heteroatoms. The zero-order chi connectivity index (χ0) is 22.3. The van der Waals surface area contributed by atoms with Crippen molar-refractivity contribution >= 4 is 39.1 Å². The normalized spacial score (nSPS) is 21.3. The zero-order valence-corrected chi connectivity index (χ0v) is 19.1. The lowest BCUT2D eigenvalue weighted by Crippen LogP contribution is -2.30. The molecule has 1 aliphatic heterocycles. The first-order chi connectivity index (χ1) is 14.7. The maximum Gasteiger partial charge on any atom is 0.262 e. The number of rotatable bonds is 5. The number of hydrogen-bond acceptors (Lipinski definition) is 4. The van der Waals surface area contributed by atoms with Crippen LogP contribution in [0.15, 0.2) is 41.3 Å². The van der Waals surface area contributed by atoms with Crippen molar-refractivity contribution in [2.24, 2.45) is 11.8 Å². The molecule has 0 radical (unpaired) electrons. The van der Waals surface area contributed by atoms with Gasteiger partial charge in [-0.3, -0.25) is 19.2 Å². The molecule has 4 rings (SSSR count). The van der Waals surface area contributed by atoms with Crippen molar-refractivity contribution < 1.29 is 18.0 Å². The number of fused-ring (bicyclic) bond motifs is 1. The Hall–Kier alpha value is -2.38. The summed E-state index contributed by atoms with van der Waals surface area (Å²) in [6, 6.07) is 10.0. The summed E-state index contributed by atoms with van der Waals surface area (Å²) in [7, 11) is -3.88. The van der Waals surface area contributed by atoms with Gasteiger partial charge >= 0.3 is 0 Å². The van der Waals surface area contributed by atoms with E-state index in [-0.39, 0.29) is 35.1 Å². The number of sulfonamides is 1. The summed E-state index contributed by atoms with van der Waals surface area (Å²) in [5, 5.41) is 0.471. The number of imide groups is 1. The molecule has 0 spiro atoms. The highest BCUT2D eigenvalue weighted by molar-refractivity contribution is 7.92. The molecule has 1 saturated heterocycles. The van der Waals surface area contributed by atoms with Crippen molar-refractivity contribution in [3.63, 3.8) is 0 Å². The molecule has 2 aromatic rings. The molecule has 2 aliphatic rings. The molecule has 1 heterocycles. The Bertz CT molecular complexity index is 1140. The van der Waals surface area contributed by atoms with Gasteiger partial charge in [0.25, 0.3) is 10.0 Å². The lowest BCUT2D eigenvalue weighted by molar-refractivity contribution is -0.140. The van der Waals surface area contributed by atoms with Gasteiger partial charge in [-0.1, -0.05) is 42.6 Å². The molecule has 0 unspecified atom stereocenters. The Balaban J connectivity index is 1.61. The summed E-state index contributed by atoms with van der Waals surface area (Å²) in [5.41, 5.74) is 2.22. The summed E-state index contributed by atoms with van der Waals surface area (Å²) in [6.07, 6.45) is 3.44. The van der Waals surface area contributed by atoms with Gasteiger partial charge in [0.05, 0.1) is 29.0 Å². The molecule has 0 aromatic heterocycles. The summed E-state index contributed by atoms with van der Waals surface area (Å²) >= 11 is 6.12. The molecule has 0 bridgehead atoms. The van der Waals surface area contributed by atoms with Crippen LogP contribution in [-0.2, 0) is 26.2 Å². The van der Waals surface area contributed by atoms with E-state index in [2.05, 4.69) is 4.72 Å². The van der Waals surface area contributed by atoms with Crippen LogP contribution in [0.5, 0.6) is 0 Å². The standard InChI is InChI=1S/C23H25ClN2O4S/c1-14-10-11-16(13-26-22(27)17-6-3-4-7-18(17)23(26)28)12-21(14)31(29,30)25-20-9-5-8-19(24)15(20)2/h5,8-12,17-18,25H,3-4,6-7,13H2,1-2H3/t17-,18-/m1/s1. The van der Waals surface area contributed by atoms with Crippen molar-refractivity contribution in [3.05, 3.63) is 58.1 Å². The Morgan fingerprint density at radius 3 is 2.32 bits per heavy atom. The number of hydrogen-bond donors (Lipinski definition) is 1. The minimum Gasteiger partial charge on any atom is -0.279 e. The van der Waals surface area contributed by atoms with Gasteiger partial charge in [-0.15, -0.1) is 0 Å². The highest BCUT2D eigenvalue weighted by Gasteiger charge is 2.47. The minimum absolute atomic E-state index is 0.0870. The third-order valence-electron chi connectivity index (χ3n) is 6.33. The van der Waals surface area contributed by atoms with Gasteiger partial charge in [0.1, 0.15) is 0 Å². The van der Waals surface area contributed by atoms with Gasteiger partial charge in [-0.05, 0) is 61.6 Å². The van der Waals surface area contributed by atoms with Crippen molar-refractivity contribution in [2.75, 3.05) is 4.72 Å². The topological polar surface area (TPSA) is 83.6 Å². The largest absolute Gasteiger partial charge is 0.279 e. The van der Waals surface area contributed by atoms with Crippen LogP contribution >= 0.6 is 11.6 Å². The number of likely N-dealkylation sites (tertiary alicyclic amines) is 1. The Labute approximate surface area is 187 Å². The first-order valence-corrected chi connectivity index (χ1v) is 12.3. The number of halogens is 1. The van der Waals surface area contributed by atoms with Crippen molar-refractivity contribution in [1.82, 2.24) is 4.90 Å². The van der Waals surface area contributed by atoms with Crippen LogP contribution in [0.2, 0.25) is 5.02 Å². The summed E-state index contributed by atoms with van der Waals surface area (Å²) < 4.78 is 28.8. The Morgan fingerprint density at radius 2 is 1.68 bits per heavy atom. The molecule has 1 N–H and O–H groups in total. The molecular formula is C23H25ClN2O4S. The maximum atomic E-state index is 13.1. The van der Waals surface area contributed by atoms with Crippen molar-refractivity contribution in [2.45, 2.75) is 51.0 Å². The van der Waals surface area contributed by atoms with Crippen LogP contribution in [0, 0.1) is 25.7 Å². The predicted molar refractivity (Wildman–Crippen MR) is 119 cm³/mol. The van der Waals surface area contributed by atoms with E-state index in [9.17, 15) is 18.0 Å². The van der Waals surface area contributed by atoms with E-state index < -0.39 is 10.0 Å². The minimum atomic E-state index is -3.88. The maximum absolute atomic E-state index is 13.1. The number of carbonyl (C=O) groups is 2. The molecule has 164 valence electrons. The molecule has 2 amide bonds. The third-order valence-corrected chi connectivity index (χ3v) is 8.24. The van der Waals surface area contributed by atoms with Gasteiger partial charge in [-0.25, -0.2) is 8.42 Å². The fourth-order valence-corrected chi connectivity index (χ4v) is 6.11. The second-order valence-electron chi connectivity index (χ2n) is 8.38. The first kappa shape index (κ1) is 21.8. The Kier molecular flexibility index (Phi) is 5.83. The molecule has 6 nitrogen and oxygen atoms in total. The lowest BCUT2D eigenvalue weighted by atomic mass is 9.81. The lowest BCUT2D eigenvalue weighted by Gasteiger charge is -2.19. The van der Waals surface area contributed by atoms with E-state index in [0.717, 1.165) is 25.7 Å². The number of nitrogens with one attached hydrogen (secondary N) is 1. The molecule has 1 aliphatic carbocycles. The molecule has 1 saturated carbocycles. The summed E-state index contributed by atoms with van der Waals surface area (Å²) in [6.45, 7) is 3.54. The van der Waals surface area contributed by atoms with E-state index in [1.807, 2.05) is 0 Å². The average Bonchev–Trinajstić information content (AvgIpc) is 2.97.